The van der Waals surface area contributed by atoms with Gasteiger partial charge in [0.1, 0.15) is 17.3 Å². The summed E-state index contributed by atoms with van der Waals surface area (Å²) in [5, 5.41) is 3.92. The molecule has 0 atom stereocenters. The summed E-state index contributed by atoms with van der Waals surface area (Å²) in [7, 11) is 0. The molecule has 0 spiro atoms. The van der Waals surface area contributed by atoms with Gasteiger partial charge in [0.05, 0.1) is 6.21 Å². The molecule has 0 saturated carbocycles. The number of ether oxygens (including phenoxy) is 1. The first-order chi connectivity index (χ1) is 13.8. The fraction of sp³-hybridized carbons (Fsp3) is 0.217. The molecule has 0 saturated heterocycles. The van der Waals surface area contributed by atoms with Gasteiger partial charge in [-0.15, -0.1) is 0 Å². The molecule has 2 aromatic carbocycles. The number of hydrogen-bond acceptors (Lipinski definition) is 4. The van der Waals surface area contributed by atoms with Crippen LogP contribution in [0.4, 0.5) is 0 Å². The van der Waals surface area contributed by atoms with Gasteiger partial charge in [0.15, 0.2) is 6.61 Å². The molecule has 0 bridgehead atoms. The Morgan fingerprint density at radius 1 is 1.07 bits per heavy atom. The third kappa shape index (κ3) is 6.06. The molecule has 0 aliphatic rings. The standard InChI is InChI=1S/C23H23BrN2O3/c1-23(2,3)17-6-10-19(11-7-17)28-15-22(27)26-25-14-20-12-13-21(29-20)16-4-8-18(24)9-5-16/h4-14H,15H2,1-3H3,(H,26,27)/b25-14+. The van der Waals surface area contributed by atoms with Crippen LogP contribution in [0.5, 0.6) is 5.75 Å². The van der Waals surface area contributed by atoms with Gasteiger partial charge in [-0.2, -0.15) is 5.10 Å². The van der Waals surface area contributed by atoms with E-state index in [0.29, 0.717) is 11.5 Å². The van der Waals surface area contributed by atoms with Gasteiger partial charge in [0, 0.05) is 10.0 Å². The van der Waals surface area contributed by atoms with E-state index in [9.17, 15) is 4.79 Å². The lowest BCUT2D eigenvalue weighted by Gasteiger charge is -2.19. The van der Waals surface area contributed by atoms with Crippen molar-refractivity contribution in [1.82, 2.24) is 5.43 Å². The van der Waals surface area contributed by atoms with Crippen molar-refractivity contribution in [3.8, 4) is 17.1 Å². The molecular formula is C23H23BrN2O3. The fourth-order valence-electron chi connectivity index (χ4n) is 2.59. The molecule has 0 aliphatic carbocycles. The maximum absolute atomic E-state index is 11.9. The van der Waals surface area contributed by atoms with Crippen LogP contribution >= 0.6 is 15.9 Å². The predicted molar refractivity (Wildman–Crippen MR) is 118 cm³/mol. The lowest BCUT2D eigenvalue weighted by Crippen LogP contribution is -2.24. The van der Waals surface area contributed by atoms with Crippen LogP contribution in [0.2, 0.25) is 0 Å². The number of halogens is 1. The Morgan fingerprint density at radius 2 is 1.76 bits per heavy atom. The molecule has 0 radical (unpaired) electrons. The van der Waals surface area contributed by atoms with E-state index < -0.39 is 0 Å². The molecule has 3 aromatic rings. The zero-order chi connectivity index (χ0) is 20.9. The van der Waals surface area contributed by atoms with Crippen molar-refractivity contribution >= 4 is 28.1 Å². The molecule has 150 valence electrons. The lowest BCUT2D eigenvalue weighted by molar-refractivity contribution is -0.123. The minimum absolute atomic E-state index is 0.0771. The zero-order valence-electron chi connectivity index (χ0n) is 16.6. The van der Waals surface area contributed by atoms with Crippen molar-refractivity contribution < 1.29 is 13.9 Å². The molecule has 0 unspecified atom stereocenters. The minimum atomic E-state index is -0.346. The number of rotatable bonds is 6. The SMILES string of the molecule is CC(C)(C)c1ccc(OCC(=O)N/N=C/c2ccc(-c3ccc(Br)cc3)o2)cc1. The summed E-state index contributed by atoms with van der Waals surface area (Å²) in [6, 6.07) is 19.2. The smallest absolute Gasteiger partial charge is 0.277 e. The molecule has 29 heavy (non-hydrogen) atoms. The molecule has 3 rings (SSSR count). The summed E-state index contributed by atoms with van der Waals surface area (Å²) in [6.07, 6.45) is 1.46. The third-order valence-corrected chi connectivity index (χ3v) is 4.76. The van der Waals surface area contributed by atoms with Crippen LogP contribution in [0.25, 0.3) is 11.3 Å². The van der Waals surface area contributed by atoms with Gasteiger partial charge in [-0.05, 0) is 47.4 Å². The maximum Gasteiger partial charge on any atom is 0.277 e. The highest BCUT2D eigenvalue weighted by atomic mass is 79.9. The van der Waals surface area contributed by atoms with E-state index in [-0.39, 0.29) is 17.9 Å². The minimum Gasteiger partial charge on any atom is -0.484 e. The molecular weight excluding hydrogens is 432 g/mol. The molecule has 1 N–H and O–H groups in total. The average molecular weight is 455 g/mol. The van der Waals surface area contributed by atoms with E-state index >= 15 is 0 Å². The zero-order valence-corrected chi connectivity index (χ0v) is 18.2. The molecule has 6 heteroatoms. The molecule has 1 aromatic heterocycles. The van der Waals surface area contributed by atoms with E-state index in [0.717, 1.165) is 15.8 Å². The van der Waals surface area contributed by atoms with Gasteiger partial charge in [0.2, 0.25) is 0 Å². The predicted octanol–water partition coefficient (Wildman–Crippen LogP) is 5.54. The molecule has 0 aliphatic heterocycles. The Labute approximate surface area is 178 Å². The van der Waals surface area contributed by atoms with Crippen molar-refractivity contribution in [2.75, 3.05) is 6.61 Å². The Kier molecular flexibility index (Phi) is 6.54. The Hall–Kier alpha value is -2.86. The highest BCUT2D eigenvalue weighted by Crippen LogP contribution is 2.24. The van der Waals surface area contributed by atoms with Crippen LogP contribution < -0.4 is 10.2 Å². The van der Waals surface area contributed by atoms with E-state index in [1.54, 1.807) is 6.07 Å². The summed E-state index contributed by atoms with van der Waals surface area (Å²) in [6.45, 7) is 6.33. The fourth-order valence-corrected chi connectivity index (χ4v) is 2.86. The molecule has 1 amide bonds. The Bertz CT molecular complexity index is 984. The van der Waals surface area contributed by atoms with Gasteiger partial charge in [0.25, 0.3) is 5.91 Å². The number of furan rings is 1. The molecule has 0 fully saturated rings. The number of hydrogen-bond donors (Lipinski definition) is 1. The first-order valence-electron chi connectivity index (χ1n) is 9.22. The number of benzene rings is 2. The van der Waals surface area contributed by atoms with Crippen LogP contribution in [0.1, 0.15) is 32.1 Å². The second kappa shape index (κ2) is 9.09. The van der Waals surface area contributed by atoms with Crippen molar-refractivity contribution in [1.29, 1.82) is 0 Å². The normalized spacial score (nSPS) is 11.6. The summed E-state index contributed by atoms with van der Waals surface area (Å²) in [4.78, 5) is 11.9. The average Bonchev–Trinajstić information content (AvgIpc) is 3.15. The largest absolute Gasteiger partial charge is 0.484 e. The Balaban J connectivity index is 1.48. The van der Waals surface area contributed by atoms with Crippen LogP contribution in [0.15, 0.2) is 74.7 Å². The summed E-state index contributed by atoms with van der Waals surface area (Å²) in [5.74, 6) is 1.57. The van der Waals surface area contributed by atoms with E-state index in [2.05, 4.69) is 47.2 Å². The first kappa shape index (κ1) is 20.9. The number of carbonyl (C=O) groups is 1. The highest BCUT2D eigenvalue weighted by molar-refractivity contribution is 9.10. The van der Waals surface area contributed by atoms with E-state index in [1.165, 1.54) is 11.8 Å². The number of amides is 1. The number of carbonyl (C=O) groups excluding carboxylic acids is 1. The molecule has 1 heterocycles. The quantitative estimate of drug-likeness (QED) is 0.392. The van der Waals surface area contributed by atoms with Crippen LogP contribution in [-0.4, -0.2) is 18.7 Å². The number of nitrogens with zero attached hydrogens (tertiary/aromatic N) is 1. The van der Waals surface area contributed by atoms with Crippen molar-refractivity contribution in [2.45, 2.75) is 26.2 Å². The monoisotopic (exact) mass is 454 g/mol. The number of hydrazone groups is 1. The maximum atomic E-state index is 11.9. The van der Waals surface area contributed by atoms with Crippen LogP contribution in [0.3, 0.4) is 0 Å². The van der Waals surface area contributed by atoms with Gasteiger partial charge in [-0.25, -0.2) is 5.43 Å². The van der Waals surface area contributed by atoms with Crippen LogP contribution in [0, 0.1) is 0 Å². The second-order valence-electron chi connectivity index (χ2n) is 7.57. The summed E-state index contributed by atoms with van der Waals surface area (Å²) in [5.41, 5.74) is 4.68. The lowest BCUT2D eigenvalue weighted by atomic mass is 9.87. The van der Waals surface area contributed by atoms with Gasteiger partial charge < -0.3 is 9.15 Å². The van der Waals surface area contributed by atoms with E-state index in [4.69, 9.17) is 9.15 Å². The summed E-state index contributed by atoms with van der Waals surface area (Å²) >= 11 is 3.41. The number of nitrogens with one attached hydrogen (secondary N) is 1. The van der Waals surface area contributed by atoms with Crippen LogP contribution in [-0.2, 0) is 10.2 Å². The third-order valence-electron chi connectivity index (χ3n) is 4.23. The van der Waals surface area contributed by atoms with Crippen molar-refractivity contribution in [2.24, 2.45) is 5.10 Å². The van der Waals surface area contributed by atoms with Gasteiger partial charge >= 0.3 is 0 Å². The second-order valence-corrected chi connectivity index (χ2v) is 8.48. The first-order valence-corrected chi connectivity index (χ1v) is 10.0. The van der Waals surface area contributed by atoms with Gasteiger partial charge in [-0.3, -0.25) is 4.79 Å². The topological polar surface area (TPSA) is 63.8 Å². The molecule has 5 nitrogen and oxygen atoms in total. The van der Waals surface area contributed by atoms with Crippen molar-refractivity contribution in [3.05, 3.63) is 76.5 Å². The van der Waals surface area contributed by atoms with Crippen molar-refractivity contribution in [3.63, 3.8) is 0 Å². The summed E-state index contributed by atoms with van der Waals surface area (Å²) < 4.78 is 12.2. The van der Waals surface area contributed by atoms with Gasteiger partial charge in [-0.1, -0.05) is 61.0 Å². The Morgan fingerprint density at radius 3 is 2.41 bits per heavy atom. The highest BCUT2D eigenvalue weighted by Gasteiger charge is 2.13. The van der Waals surface area contributed by atoms with E-state index in [1.807, 2.05) is 54.6 Å².